The monoisotopic (exact) mass is 281 g/mol. The summed E-state index contributed by atoms with van der Waals surface area (Å²) in [6.45, 7) is 1.96. The van der Waals surface area contributed by atoms with Crippen LogP contribution in [0.3, 0.4) is 0 Å². The molecule has 0 aliphatic carbocycles. The third-order valence-corrected chi connectivity index (χ3v) is 4.11. The molecule has 0 saturated carbocycles. The van der Waals surface area contributed by atoms with Gasteiger partial charge in [-0.15, -0.1) is 0 Å². The Hall–Kier alpha value is -0.570. The minimum atomic E-state index is 0.509. The molecule has 1 aliphatic rings. The van der Waals surface area contributed by atoms with Crippen LogP contribution in [0, 0.1) is 0 Å². The van der Waals surface area contributed by atoms with E-state index in [2.05, 4.69) is 17.4 Å². The maximum absolute atomic E-state index is 6.09. The molecule has 3 heteroatoms. The Balaban J connectivity index is 1.84. The minimum Gasteiger partial charge on any atom is -0.378 e. The molecule has 2 nitrogen and oxygen atoms in total. The van der Waals surface area contributed by atoms with Gasteiger partial charge in [-0.2, -0.15) is 0 Å². The summed E-state index contributed by atoms with van der Waals surface area (Å²) in [4.78, 5) is 0. The van der Waals surface area contributed by atoms with E-state index in [1.54, 1.807) is 0 Å². The second-order valence-corrected chi connectivity index (χ2v) is 5.81. The topological polar surface area (TPSA) is 21.3 Å². The Morgan fingerprint density at radius 1 is 1.47 bits per heavy atom. The predicted molar refractivity (Wildman–Crippen MR) is 80.9 cm³/mol. The Morgan fingerprint density at radius 3 is 3.05 bits per heavy atom. The van der Waals surface area contributed by atoms with E-state index >= 15 is 0 Å². The van der Waals surface area contributed by atoms with E-state index in [0.717, 1.165) is 18.2 Å². The molecule has 19 heavy (non-hydrogen) atoms. The maximum atomic E-state index is 6.09. The average molecular weight is 282 g/mol. The predicted octanol–water partition coefficient (Wildman–Crippen LogP) is 3.99. The summed E-state index contributed by atoms with van der Waals surface area (Å²) in [6, 6.07) is 8.25. The van der Waals surface area contributed by atoms with Gasteiger partial charge in [0, 0.05) is 18.2 Å². The van der Waals surface area contributed by atoms with Gasteiger partial charge in [0.25, 0.3) is 0 Å². The van der Waals surface area contributed by atoms with Crippen LogP contribution in [0.15, 0.2) is 24.3 Å². The zero-order valence-electron chi connectivity index (χ0n) is 11.7. The first-order valence-corrected chi connectivity index (χ1v) is 7.69. The number of nitrogens with one attached hydrogen (secondary N) is 1. The van der Waals surface area contributed by atoms with Crippen LogP contribution in [-0.2, 0) is 4.74 Å². The van der Waals surface area contributed by atoms with Crippen LogP contribution >= 0.6 is 11.6 Å². The summed E-state index contributed by atoms with van der Waals surface area (Å²) >= 11 is 6.09. The molecule has 0 aromatic heterocycles. The van der Waals surface area contributed by atoms with Gasteiger partial charge in [-0.1, -0.05) is 30.2 Å². The summed E-state index contributed by atoms with van der Waals surface area (Å²) in [5.74, 6) is 0.546. The Labute approximate surface area is 121 Å². The van der Waals surface area contributed by atoms with Gasteiger partial charge in [-0.25, -0.2) is 0 Å². The number of hydrogen-bond acceptors (Lipinski definition) is 2. The highest BCUT2D eigenvalue weighted by Gasteiger charge is 2.17. The van der Waals surface area contributed by atoms with E-state index in [4.69, 9.17) is 16.3 Å². The van der Waals surface area contributed by atoms with E-state index in [1.165, 1.54) is 37.7 Å². The zero-order valence-corrected chi connectivity index (χ0v) is 12.5. The lowest BCUT2D eigenvalue weighted by Gasteiger charge is -2.18. The highest BCUT2D eigenvalue weighted by atomic mass is 35.5. The molecule has 1 aromatic rings. The normalized spacial score (nSPS) is 20.6. The van der Waals surface area contributed by atoms with Crippen molar-refractivity contribution >= 4 is 11.6 Å². The number of likely N-dealkylation sites (N-methyl/N-ethyl adjacent to an activating group) is 1. The SMILES string of the molecule is CNCC(CCCC1CCCO1)c1cccc(Cl)c1. The molecule has 0 bridgehead atoms. The van der Waals surface area contributed by atoms with Crippen molar-refractivity contribution < 1.29 is 4.74 Å². The lowest BCUT2D eigenvalue weighted by Crippen LogP contribution is -2.18. The summed E-state index contributed by atoms with van der Waals surface area (Å²) in [7, 11) is 2.01. The lowest BCUT2D eigenvalue weighted by atomic mass is 9.92. The number of rotatable bonds is 7. The van der Waals surface area contributed by atoms with Crippen molar-refractivity contribution in [3.8, 4) is 0 Å². The van der Waals surface area contributed by atoms with Crippen LogP contribution in [0.4, 0.5) is 0 Å². The molecule has 106 valence electrons. The van der Waals surface area contributed by atoms with Crippen molar-refractivity contribution in [2.24, 2.45) is 0 Å². The quantitative estimate of drug-likeness (QED) is 0.816. The fourth-order valence-electron chi connectivity index (χ4n) is 2.86. The zero-order chi connectivity index (χ0) is 13.5. The van der Waals surface area contributed by atoms with Gasteiger partial charge in [0.05, 0.1) is 6.10 Å². The van der Waals surface area contributed by atoms with Gasteiger partial charge in [-0.05, 0) is 56.3 Å². The molecule has 2 unspecified atom stereocenters. The molecular weight excluding hydrogens is 258 g/mol. The second-order valence-electron chi connectivity index (χ2n) is 5.38. The van der Waals surface area contributed by atoms with Crippen molar-refractivity contribution in [2.45, 2.75) is 44.1 Å². The van der Waals surface area contributed by atoms with Gasteiger partial charge in [0.2, 0.25) is 0 Å². The van der Waals surface area contributed by atoms with Gasteiger partial charge < -0.3 is 10.1 Å². The minimum absolute atomic E-state index is 0.509. The molecule has 0 radical (unpaired) electrons. The number of hydrogen-bond donors (Lipinski definition) is 1. The Morgan fingerprint density at radius 2 is 2.37 bits per heavy atom. The van der Waals surface area contributed by atoms with Crippen molar-refractivity contribution in [1.29, 1.82) is 0 Å². The summed E-state index contributed by atoms with van der Waals surface area (Å²) in [5, 5.41) is 4.12. The van der Waals surface area contributed by atoms with Crippen LogP contribution < -0.4 is 5.32 Å². The van der Waals surface area contributed by atoms with Crippen LogP contribution in [0.2, 0.25) is 5.02 Å². The number of benzene rings is 1. The van der Waals surface area contributed by atoms with E-state index in [1.807, 2.05) is 19.2 Å². The molecule has 1 heterocycles. The first-order valence-electron chi connectivity index (χ1n) is 7.31. The summed E-state index contributed by atoms with van der Waals surface area (Å²) in [5.41, 5.74) is 1.34. The fourth-order valence-corrected chi connectivity index (χ4v) is 3.06. The standard InChI is InChI=1S/C16H24ClNO/c1-18-12-14(13-5-2-7-15(17)11-13)6-3-8-16-9-4-10-19-16/h2,5,7,11,14,16,18H,3-4,6,8-10,12H2,1H3. The lowest BCUT2D eigenvalue weighted by molar-refractivity contribution is 0.101. The summed E-state index contributed by atoms with van der Waals surface area (Å²) in [6.07, 6.45) is 6.60. The third kappa shape index (κ3) is 4.79. The smallest absolute Gasteiger partial charge is 0.0576 e. The van der Waals surface area contributed by atoms with Crippen LogP contribution in [0.5, 0.6) is 0 Å². The highest BCUT2D eigenvalue weighted by molar-refractivity contribution is 6.30. The molecule has 2 rings (SSSR count). The number of halogens is 1. The van der Waals surface area contributed by atoms with Crippen LogP contribution in [-0.4, -0.2) is 26.3 Å². The molecule has 1 aromatic carbocycles. The first-order chi connectivity index (χ1) is 9.29. The fraction of sp³-hybridized carbons (Fsp3) is 0.625. The third-order valence-electron chi connectivity index (χ3n) is 3.87. The average Bonchev–Trinajstić information content (AvgIpc) is 2.91. The largest absolute Gasteiger partial charge is 0.378 e. The van der Waals surface area contributed by atoms with Crippen LogP contribution in [0.1, 0.15) is 43.6 Å². The van der Waals surface area contributed by atoms with Crippen molar-refractivity contribution in [1.82, 2.24) is 5.32 Å². The molecule has 1 N–H and O–H groups in total. The first kappa shape index (κ1) is 14.8. The molecular formula is C16H24ClNO. The van der Waals surface area contributed by atoms with E-state index in [0.29, 0.717) is 12.0 Å². The summed E-state index contributed by atoms with van der Waals surface area (Å²) < 4.78 is 5.68. The van der Waals surface area contributed by atoms with Gasteiger partial charge >= 0.3 is 0 Å². The molecule has 0 amide bonds. The van der Waals surface area contributed by atoms with Gasteiger partial charge in [0.1, 0.15) is 0 Å². The Kier molecular flexibility index (Phi) is 6.15. The van der Waals surface area contributed by atoms with Crippen molar-refractivity contribution in [3.63, 3.8) is 0 Å². The Bertz CT molecular complexity index is 377. The van der Waals surface area contributed by atoms with E-state index in [-0.39, 0.29) is 0 Å². The van der Waals surface area contributed by atoms with Gasteiger partial charge in [0.15, 0.2) is 0 Å². The molecule has 1 saturated heterocycles. The molecule has 2 atom stereocenters. The van der Waals surface area contributed by atoms with Crippen LogP contribution in [0.25, 0.3) is 0 Å². The second kappa shape index (κ2) is 7.88. The maximum Gasteiger partial charge on any atom is 0.0576 e. The molecule has 1 aliphatic heterocycles. The van der Waals surface area contributed by atoms with Crippen molar-refractivity contribution in [2.75, 3.05) is 20.2 Å². The number of ether oxygens (including phenoxy) is 1. The highest BCUT2D eigenvalue weighted by Crippen LogP contribution is 2.26. The van der Waals surface area contributed by atoms with Crippen molar-refractivity contribution in [3.05, 3.63) is 34.9 Å². The van der Waals surface area contributed by atoms with Gasteiger partial charge in [-0.3, -0.25) is 0 Å². The van der Waals surface area contributed by atoms with E-state index in [9.17, 15) is 0 Å². The molecule has 1 fully saturated rings. The molecule has 0 spiro atoms. The van der Waals surface area contributed by atoms with E-state index < -0.39 is 0 Å².